The van der Waals surface area contributed by atoms with Crippen LogP contribution >= 0.6 is 0 Å². The Morgan fingerprint density at radius 1 is 1.70 bits per heavy atom. The monoisotopic (exact) mass is 144 g/mol. The molecule has 60 valence electrons. The molecule has 1 fully saturated rings. The van der Waals surface area contributed by atoms with Gasteiger partial charge in [0, 0.05) is 18.5 Å². The zero-order chi connectivity index (χ0) is 7.61. The second kappa shape index (κ2) is 2.86. The summed E-state index contributed by atoms with van der Waals surface area (Å²) < 4.78 is 0. The minimum absolute atomic E-state index is 0.00868. The van der Waals surface area contributed by atoms with Crippen molar-refractivity contribution in [3.05, 3.63) is 0 Å². The van der Waals surface area contributed by atoms with E-state index in [1.54, 1.807) is 0 Å². The minimum Gasteiger partial charge on any atom is -0.396 e. The zero-order valence-corrected chi connectivity index (χ0v) is 6.51. The fourth-order valence-corrected chi connectivity index (χ4v) is 1.52. The number of hydrogen-bond acceptors (Lipinski definition) is 3. The Balaban J connectivity index is 2.51. The molecule has 0 bridgehead atoms. The van der Waals surface area contributed by atoms with Gasteiger partial charge in [-0.3, -0.25) is 0 Å². The van der Waals surface area contributed by atoms with Crippen LogP contribution in [0.1, 0.15) is 6.42 Å². The number of aliphatic hydroxyl groups is 1. The van der Waals surface area contributed by atoms with Crippen LogP contribution in [0, 0.1) is 5.41 Å². The zero-order valence-electron chi connectivity index (χ0n) is 6.51. The molecule has 0 amide bonds. The first kappa shape index (κ1) is 7.98. The third kappa shape index (κ3) is 1.31. The van der Waals surface area contributed by atoms with Crippen molar-refractivity contribution >= 4 is 0 Å². The topological polar surface area (TPSA) is 49.5 Å². The van der Waals surface area contributed by atoms with E-state index in [2.05, 4.69) is 11.9 Å². The standard InChI is InChI=1S/C7H16N2O/c1-9-3-2-7(4-8,5-9)6-10/h10H,2-6,8H2,1H3. The van der Waals surface area contributed by atoms with Crippen molar-refractivity contribution in [2.75, 3.05) is 33.3 Å². The molecule has 3 N–H and O–H groups in total. The molecule has 1 aliphatic heterocycles. The van der Waals surface area contributed by atoms with Gasteiger partial charge in [0.05, 0.1) is 6.61 Å². The number of nitrogens with zero attached hydrogens (tertiary/aromatic N) is 1. The van der Waals surface area contributed by atoms with E-state index >= 15 is 0 Å². The summed E-state index contributed by atoms with van der Waals surface area (Å²) in [6, 6.07) is 0. The second-order valence-corrected chi connectivity index (χ2v) is 3.35. The molecule has 1 atom stereocenters. The van der Waals surface area contributed by atoms with Crippen molar-refractivity contribution < 1.29 is 5.11 Å². The Morgan fingerprint density at radius 3 is 2.60 bits per heavy atom. The number of nitrogens with two attached hydrogens (primary N) is 1. The second-order valence-electron chi connectivity index (χ2n) is 3.35. The van der Waals surface area contributed by atoms with E-state index in [9.17, 15) is 0 Å². The van der Waals surface area contributed by atoms with Crippen molar-refractivity contribution in [3.63, 3.8) is 0 Å². The van der Waals surface area contributed by atoms with Gasteiger partial charge in [-0.25, -0.2) is 0 Å². The lowest BCUT2D eigenvalue weighted by molar-refractivity contribution is 0.139. The molecule has 0 radical (unpaired) electrons. The highest BCUT2D eigenvalue weighted by Crippen LogP contribution is 2.27. The van der Waals surface area contributed by atoms with Gasteiger partial charge in [-0.1, -0.05) is 0 Å². The van der Waals surface area contributed by atoms with Gasteiger partial charge in [0.15, 0.2) is 0 Å². The van der Waals surface area contributed by atoms with Gasteiger partial charge in [-0.2, -0.15) is 0 Å². The first-order valence-electron chi connectivity index (χ1n) is 3.72. The van der Waals surface area contributed by atoms with E-state index in [0.29, 0.717) is 6.54 Å². The lowest BCUT2D eigenvalue weighted by atomic mass is 9.89. The van der Waals surface area contributed by atoms with Crippen LogP contribution < -0.4 is 5.73 Å². The van der Waals surface area contributed by atoms with Crippen LogP contribution in [0.15, 0.2) is 0 Å². The molecule has 1 unspecified atom stereocenters. The predicted molar refractivity (Wildman–Crippen MR) is 40.7 cm³/mol. The summed E-state index contributed by atoms with van der Waals surface area (Å²) in [5.41, 5.74) is 5.56. The maximum Gasteiger partial charge on any atom is 0.0512 e. The molecular weight excluding hydrogens is 128 g/mol. The van der Waals surface area contributed by atoms with E-state index in [4.69, 9.17) is 10.8 Å². The minimum atomic E-state index is 0.00868. The smallest absolute Gasteiger partial charge is 0.0512 e. The Hall–Kier alpha value is -0.120. The fourth-order valence-electron chi connectivity index (χ4n) is 1.52. The average molecular weight is 144 g/mol. The fraction of sp³-hybridized carbons (Fsp3) is 1.00. The molecule has 0 aromatic heterocycles. The van der Waals surface area contributed by atoms with Gasteiger partial charge in [-0.05, 0) is 20.0 Å². The Bertz CT molecular complexity index is 112. The molecule has 1 heterocycles. The molecule has 0 aromatic rings. The van der Waals surface area contributed by atoms with Crippen LogP contribution in [-0.2, 0) is 0 Å². The molecular formula is C7H16N2O. The first-order chi connectivity index (χ1) is 4.72. The Morgan fingerprint density at radius 2 is 2.40 bits per heavy atom. The number of hydrogen-bond donors (Lipinski definition) is 2. The van der Waals surface area contributed by atoms with E-state index in [1.807, 2.05) is 0 Å². The lowest BCUT2D eigenvalue weighted by Crippen LogP contribution is -2.36. The summed E-state index contributed by atoms with van der Waals surface area (Å²) in [6.07, 6.45) is 1.04. The Labute approximate surface area is 61.8 Å². The average Bonchev–Trinajstić information content (AvgIpc) is 2.33. The summed E-state index contributed by atoms with van der Waals surface area (Å²) >= 11 is 0. The molecule has 0 aromatic carbocycles. The van der Waals surface area contributed by atoms with Gasteiger partial charge in [0.2, 0.25) is 0 Å². The highest BCUT2D eigenvalue weighted by atomic mass is 16.3. The van der Waals surface area contributed by atoms with Gasteiger partial charge in [-0.15, -0.1) is 0 Å². The molecule has 0 saturated carbocycles. The highest BCUT2D eigenvalue weighted by Gasteiger charge is 2.34. The van der Waals surface area contributed by atoms with Crippen molar-refractivity contribution in [3.8, 4) is 0 Å². The maximum absolute atomic E-state index is 9.03. The normalized spacial score (nSPS) is 35.1. The van der Waals surface area contributed by atoms with Gasteiger partial charge in [0.1, 0.15) is 0 Å². The maximum atomic E-state index is 9.03. The van der Waals surface area contributed by atoms with Crippen LogP contribution in [0.3, 0.4) is 0 Å². The van der Waals surface area contributed by atoms with Crippen LogP contribution in [0.2, 0.25) is 0 Å². The van der Waals surface area contributed by atoms with Crippen molar-refractivity contribution in [1.29, 1.82) is 0 Å². The number of likely N-dealkylation sites (tertiary alicyclic amines) is 1. The largest absolute Gasteiger partial charge is 0.396 e. The Kier molecular flexibility index (Phi) is 2.28. The van der Waals surface area contributed by atoms with Gasteiger partial charge >= 0.3 is 0 Å². The summed E-state index contributed by atoms with van der Waals surface area (Å²) in [6.45, 7) is 2.85. The number of aliphatic hydroxyl groups excluding tert-OH is 1. The first-order valence-corrected chi connectivity index (χ1v) is 3.72. The third-order valence-electron chi connectivity index (χ3n) is 2.40. The van der Waals surface area contributed by atoms with Crippen molar-refractivity contribution in [1.82, 2.24) is 4.90 Å². The molecule has 1 rings (SSSR count). The van der Waals surface area contributed by atoms with Crippen LogP contribution in [0.5, 0.6) is 0 Å². The third-order valence-corrected chi connectivity index (χ3v) is 2.40. The number of rotatable bonds is 2. The van der Waals surface area contributed by atoms with E-state index in [1.165, 1.54) is 0 Å². The summed E-state index contributed by atoms with van der Waals surface area (Å²) in [5.74, 6) is 0. The quantitative estimate of drug-likeness (QED) is 0.536. The molecule has 1 aliphatic rings. The molecule has 3 nitrogen and oxygen atoms in total. The summed E-state index contributed by atoms with van der Waals surface area (Å²) in [5, 5.41) is 9.03. The molecule has 10 heavy (non-hydrogen) atoms. The van der Waals surface area contributed by atoms with E-state index in [-0.39, 0.29) is 12.0 Å². The van der Waals surface area contributed by atoms with Gasteiger partial charge in [0.25, 0.3) is 0 Å². The van der Waals surface area contributed by atoms with Crippen molar-refractivity contribution in [2.24, 2.45) is 11.1 Å². The lowest BCUT2D eigenvalue weighted by Gasteiger charge is -2.23. The molecule has 1 saturated heterocycles. The molecule has 0 spiro atoms. The summed E-state index contributed by atoms with van der Waals surface area (Å²) in [7, 11) is 2.06. The molecule has 3 heteroatoms. The predicted octanol–water partition coefficient (Wildman–Crippen LogP) is -0.741. The van der Waals surface area contributed by atoms with Crippen LogP contribution in [0.25, 0.3) is 0 Å². The van der Waals surface area contributed by atoms with E-state index in [0.717, 1.165) is 19.5 Å². The summed E-state index contributed by atoms with van der Waals surface area (Å²) in [4.78, 5) is 2.21. The van der Waals surface area contributed by atoms with Crippen LogP contribution in [-0.4, -0.2) is 43.3 Å². The SMILES string of the molecule is CN1CCC(CN)(CO)C1. The molecule has 0 aliphatic carbocycles. The van der Waals surface area contributed by atoms with Crippen molar-refractivity contribution in [2.45, 2.75) is 6.42 Å². The van der Waals surface area contributed by atoms with E-state index < -0.39 is 0 Å². The van der Waals surface area contributed by atoms with Gasteiger partial charge < -0.3 is 15.7 Å². The van der Waals surface area contributed by atoms with Crippen LogP contribution in [0.4, 0.5) is 0 Å². The highest BCUT2D eigenvalue weighted by molar-refractivity contribution is 4.88.